The molecular weight excluding hydrogens is 458 g/mol. The van der Waals surface area contributed by atoms with Crippen LogP contribution in [0.25, 0.3) is 0 Å². The maximum atomic E-state index is 13.2. The molecule has 2 heterocycles. The van der Waals surface area contributed by atoms with E-state index in [4.69, 9.17) is 14.5 Å². The molecule has 0 bridgehead atoms. The molecule has 7 nitrogen and oxygen atoms in total. The monoisotopic (exact) mass is 487 g/mol. The highest BCUT2D eigenvalue weighted by atomic mass is 32.2. The van der Waals surface area contributed by atoms with Crippen molar-refractivity contribution in [1.82, 2.24) is 9.29 Å². The standard InChI is InChI=1S/C24H29N3O4S2/c1-17-5-6-19(13-18(17)2)14-20-16-32-24(25-20)26-9-11-27(12-10-26)33(28,29)21-7-8-22(30-3)23(15-21)31-4/h5-8,13,15-16H,9-12,14H2,1-4H3. The summed E-state index contributed by atoms with van der Waals surface area (Å²) in [5.41, 5.74) is 4.87. The van der Waals surface area contributed by atoms with Crippen LogP contribution in [0, 0.1) is 13.8 Å². The predicted octanol–water partition coefficient (Wildman–Crippen LogP) is 3.88. The van der Waals surface area contributed by atoms with E-state index in [1.807, 2.05) is 0 Å². The van der Waals surface area contributed by atoms with Crippen molar-refractivity contribution in [3.05, 3.63) is 64.2 Å². The second-order valence-corrected chi connectivity index (χ2v) is 10.9. The average molecular weight is 488 g/mol. The second-order valence-electron chi connectivity index (χ2n) is 8.12. The third kappa shape index (κ3) is 5.00. The van der Waals surface area contributed by atoms with Gasteiger partial charge in [0.25, 0.3) is 0 Å². The minimum absolute atomic E-state index is 0.207. The fraction of sp³-hybridized carbons (Fsp3) is 0.375. The minimum atomic E-state index is -3.61. The van der Waals surface area contributed by atoms with Crippen LogP contribution in [0.3, 0.4) is 0 Å². The molecule has 0 aliphatic carbocycles. The molecule has 176 valence electrons. The van der Waals surface area contributed by atoms with Gasteiger partial charge < -0.3 is 14.4 Å². The number of hydrogen-bond acceptors (Lipinski definition) is 7. The van der Waals surface area contributed by atoms with E-state index in [1.54, 1.807) is 23.5 Å². The number of hydrogen-bond donors (Lipinski definition) is 0. The summed E-state index contributed by atoms with van der Waals surface area (Å²) in [7, 11) is -0.594. The van der Waals surface area contributed by atoms with Crippen molar-refractivity contribution in [2.75, 3.05) is 45.3 Å². The Hall–Kier alpha value is -2.62. The maximum Gasteiger partial charge on any atom is 0.243 e. The molecular formula is C24H29N3O4S2. The van der Waals surface area contributed by atoms with Gasteiger partial charge in [0.2, 0.25) is 10.0 Å². The van der Waals surface area contributed by atoms with Crippen LogP contribution in [0.15, 0.2) is 46.7 Å². The molecule has 3 aromatic rings. The zero-order valence-corrected chi connectivity index (χ0v) is 21.0. The molecule has 1 saturated heterocycles. The number of piperazine rings is 1. The van der Waals surface area contributed by atoms with Gasteiger partial charge in [-0.3, -0.25) is 0 Å². The van der Waals surface area contributed by atoms with Gasteiger partial charge in [-0.2, -0.15) is 4.31 Å². The lowest BCUT2D eigenvalue weighted by Crippen LogP contribution is -2.48. The van der Waals surface area contributed by atoms with E-state index in [1.165, 1.54) is 41.3 Å². The summed E-state index contributed by atoms with van der Waals surface area (Å²) >= 11 is 1.61. The molecule has 1 aromatic heterocycles. The van der Waals surface area contributed by atoms with E-state index in [9.17, 15) is 8.42 Å². The van der Waals surface area contributed by atoms with Gasteiger partial charge in [0.1, 0.15) is 0 Å². The normalized spacial score (nSPS) is 15.0. The number of aromatic nitrogens is 1. The first kappa shape index (κ1) is 23.5. The first-order chi connectivity index (χ1) is 15.8. The average Bonchev–Trinajstić information content (AvgIpc) is 3.29. The molecule has 0 spiro atoms. The van der Waals surface area contributed by atoms with Crippen molar-refractivity contribution in [2.45, 2.75) is 25.2 Å². The summed E-state index contributed by atoms with van der Waals surface area (Å²) < 4.78 is 38.3. The molecule has 0 unspecified atom stereocenters. The molecule has 1 fully saturated rings. The summed E-state index contributed by atoms with van der Waals surface area (Å²) in [6.07, 6.45) is 0.797. The van der Waals surface area contributed by atoms with Crippen LogP contribution < -0.4 is 14.4 Å². The minimum Gasteiger partial charge on any atom is -0.493 e. The molecule has 0 atom stereocenters. The van der Waals surface area contributed by atoms with Crippen LogP contribution in [0.2, 0.25) is 0 Å². The van der Waals surface area contributed by atoms with E-state index in [0.717, 1.165) is 17.2 Å². The lowest BCUT2D eigenvalue weighted by atomic mass is 10.0. The van der Waals surface area contributed by atoms with Crippen molar-refractivity contribution in [2.24, 2.45) is 0 Å². The lowest BCUT2D eigenvalue weighted by molar-refractivity contribution is 0.353. The highest BCUT2D eigenvalue weighted by Crippen LogP contribution is 2.31. The number of benzene rings is 2. The number of nitrogens with zero attached hydrogens (tertiary/aromatic N) is 3. The van der Waals surface area contributed by atoms with E-state index < -0.39 is 10.0 Å². The Kier molecular flexibility index (Phi) is 6.92. The van der Waals surface area contributed by atoms with Crippen molar-refractivity contribution >= 4 is 26.5 Å². The molecule has 33 heavy (non-hydrogen) atoms. The van der Waals surface area contributed by atoms with Gasteiger partial charge in [-0.05, 0) is 42.7 Å². The van der Waals surface area contributed by atoms with Gasteiger partial charge in [-0.25, -0.2) is 13.4 Å². The summed E-state index contributed by atoms with van der Waals surface area (Å²) in [5, 5.41) is 3.04. The highest BCUT2D eigenvalue weighted by Gasteiger charge is 2.30. The fourth-order valence-electron chi connectivity index (χ4n) is 3.89. The number of thiazole rings is 1. The lowest BCUT2D eigenvalue weighted by Gasteiger charge is -2.33. The molecule has 0 amide bonds. The van der Waals surface area contributed by atoms with Gasteiger partial charge in [-0.1, -0.05) is 18.2 Å². The summed E-state index contributed by atoms with van der Waals surface area (Å²) in [6.45, 7) is 6.25. The SMILES string of the molecule is COc1ccc(S(=O)(=O)N2CCN(c3nc(Cc4ccc(C)c(C)c4)cs3)CC2)cc1OC. The summed E-state index contributed by atoms with van der Waals surface area (Å²) in [4.78, 5) is 7.18. The third-order valence-electron chi connectivity index (χ3n) is 6.00. The zero-order chi connectivity index (χ0) is 23.6. The molecule has 1 aliphatic heterocycles. The van der Waals surface area contributed by atoms with E-state index in [0.29, 0.717) is 37.7 Å². The molecule has 0 saturated carbocycles. The van der Waals surface area contributed by atoms with Gasteiger partial charge in [0, 0.05) is 44.0 Å². The number of methoxy groups -OCH3 is 2. The quantitative estimate of drug-likeness (QED) is 0.504. The summed E-state index contributed by atoms with van der Waals surface area (Å²) in [6, 6.07) is 11.2. The maximum absolute atomic E-state index is 13.2. The molecule has 4 rings (SSSR count). The number of rotatable bonds is 7. The van der Waals surface area contributed by atoms with Crippen LogP contribution in [0.4, 0.5) is 5.13 Å². The van der Waals surface area contributed by atoms with Crippen molar-refractivity contribution < 1.29 is 17.9 Å². The number of sulfonamides is 1. The van der Waals surface area contributed by atoms with E-state index >= 15 is 0 Å². The third-order valence-corrected chi connectivity index (χ3v) is 8.84. The van der Waals surface area contributed by atoms with Crippen LogP contribution in [-0.2, 0) is 16.4 Å². The predicted molar refractivity (Wildman–Crippen MR) is 131 cm³/mol. The van der Waals surface area contributed by atoms with Gasteiger partial charge >= 0.3 is 0 Å². The van der Waals surface area contributed by atoms with E-state index in [-0.39, 0.29) is 4.90 Å². The number of anilines is 1. The Morgan fingerprint density at radius 3 is 2.33 bits per heavy atom. The smallest absolute Gasteiger partial charge is 0.243 e. The van der Waals surface area contributed by atoms with Gasteiger partial charge in [0.05, 0.1) is 24.8 Å². The largest absolute Gasteiger partial charge is 0.493 e. The highest BCUT2D eigenvalue weighted by molar-refractivity contribution is 7.89. The van der Waals surface area contributed by atoms with Crippen molar-refractivity contribution in [3.8, 4) is 11.5 Å². The summed E-state index contributed by atoms with van der Waals surface area (Å²) in [5.74, 6) is 0.901. The second kappa shape index (κ2) is 9.70. The van der Waals surface area contributed by atoms with Crippen LogP contribution in [0.5, 0.6) is 11.5 Å². The van der Waals surface area contributed by atoms with Crippen LogP contribution >= 0.6 is 11.3 Å². The topological polar surface area (TPSA) is 72.0 Å². The number of ether oxygens (including phenoxy) is 2. The Labute approximate surface area is 199 Å². The van der Waals surface area contributed by atoms with Gasteiger partial charge in [0.15, 0.2) is 16.6 Å². The Morgan fingerprint density at radius 1 is 0.939 bits per heavy atom. The molecule has 0 N–H and O–H groups in total. The molecule has 1 aliphatic rings. The van der Waals surface area contributed by atoms with Crippen molar-refractivity contribution in [1.29, 1.82) is 0 Å². The molecule has 9 heteroatoms. The van der Waals surface area contributed by atoms with E-state index in [2.05, 4.69) is 42.3 Å². The van der Waals surface area contributed by atoms with Crippen LogP contribution in [0.1, 0.15) is 22.4 Å². The van der Waals surface area contributed by atoms with Gasteiger partial charge in [-0.15, -0.1) is 11.3 Å². The number of aryl methyl sites for hydroxylation is 2. The Morgan fingerprint density at radius 2 is 1.67 bits per heavy atom. The first-order valence-corrected chi connectivity index (χ1v) is 13.1. The molecule has 0 radical (unpaired) electrons. The Balaban J connectivity index is 1.41. The zero-order valence-electron chi connectivity index (χ0n) is 19.4. The molecule has 2 aromatic carbocycles. The fourth-order valence-corrected chi connectivity index (χ4v) is 6.21. The van der Waals surface area contributed by atoms with Crippen LogP contribution in [-0.4, -0.2) is 58.1 Å². The first-order valence-electron chi connectivity index (χ1n) is 10.8. The van der Waals surface area contributed by atoms with Crippen molar-refractivity contribution in [3.63, 3.8) is 0 Å². The Bertz CT molecular complexity index is 1230.